The van der Waals surface area contributed by atoms with Gasteiger partial charge in [0.05, 0.1) is 13.7 Å². The third kappa shape index (κ3) is 3.68. The molecule has 0 bridgehead atoms. The molecular weight excluding hydrogens is 244 g/mol. The molecule has 0 aliphatic rings. The van der Waals surface area contributed by atoms with Gasteiger partial charge in [-0.15, -0.1) is 0 Å². The van der Waals surface area contributed by atoms with Gasteiger partial charge in [-0.2, -0.15) is 0 Å². The minimum atomic E-state index is 0.365. The topological polar surface area (TPSA) is 56.5 Å². The summed E-state index contributed by atoms with van der Waals surface area (Å²) < 4.78 is 15.9. The van der Waals surface area contributed by atoms with E-state index >= 15 is 0 Å². The molecule has 0 spiro atoms. The number of nitrogens with zero attached hydrogens (tertiary/aromatic N) is 1. The van der Waals surface area contributed by atoms with Crippen molar-refractivity contribution in [3.05, 3.63) is 24.1 Å². The van der Waals surface area contributed by atoms with Gasteiger partial charge in [-0.1, -0.05) is 0 Å². The zero-order valence-corrected chi connectivity index (χ0v) is 11.6. The molecule has 0 fully saturated rings. The van der Waals surface area contributed by atoms with Crippen molar-refractivity contribution < 1.29 is 13.9 Å². The molecule has 1 heterocycles. The molecule has 2 rings (SSSR count). The van der Waals surface area contributed by atoms with Crippen LogP contribution in [-0.4, -0.2) is 31.9 Å². The quantitative estimate of drug-likeness (QED) is 0.832. The van der Waals surface area contributed by atoms with E-state index in [4.69, 9.17) is 13.9 Å². The van der Waals surface area contributed by atoms with Crippen LogP contribution in [0.1, 0.15) is 19.2 Å². The van der Waals surface area contributed by atoms with E-state index in [1.807, 2.05) is 18.2 Å². The monoisotopic (exact) mass is 264 g/mol. The molecule has 1 atom stereocenters. The number of oxazole rings is 1. The fourth-order valence-corrected chi connectivity index (χ4v) is 1.82. The number of methoxy groups -OCH3 is 2. The fourth-order valence-electron chi connectivity index (χ4n) is 1.82. The maximum atomic E-state index is 5.66. The maximum Gasteiger partial charge on any atom is 0.209 e. The predicted molar refractivity (Wildman–Crippen MR) is 73.4 cm³/mol. The van der Waals surface area contributed by atoms with Gasteiger partial charge < -0.3 is 19.2 Å². The highest BCUT2D eigenvalue weighted by Crippen LogP contribution is 2.21. The summed E-state index contributed by atoms with van der Waals surface area (Å²) >= 11 is 0. The van der Waals surface area contributed by atoms with E-state index in [0.29, 0.717) is 18.5 Å². The summed E-state index contributed by atoms with van der Waals surface area (Å²) in [4.78, 5) is 4.43. The number of aromatic nitrogens is 1. The van der Waals surface area contributed by atoms with Gasteiger partial charge in [-0.3, -0.25) is 0 Å². The number of nitrogens with one attached hydrogen (secondary N) is 1. The van der Waals surface area contributed by atoms with Gasteiger partial charge in [0.15, 0.2) is 5.58 Å². The Labute approximate surface area is 112 Å². The van der Waals surface area contributed by atoms with E-state index in [1.54, 1.807) is 14.2 Å². The molecule has 5 heteroatoms. The number of hydrogen-bond donors (Lipinski definition) is 1. The summed E-state index contributed by atoms with van der Waals surface area (Å²) in [5.41, 5.74) is 1.60. The normalized spacial score (nSPS) is 12.8. The lowest BCUT2D eigenvalue weighted by Gasteiger charge is -2.10. The van der Waals surface area contributed by atoms with Crippen molar-refractivity contribution in [3.8, 4) is 5.75 Å². The van der Waals surface area contributed by atoms with Crippen LogP contribution in [0.2, 0.25) is 0 Å². The first kappa shape index (κ1) is 13.8. The van der Waals surface area contributed by atoms with Gasteiger partial charge in [0.25, 0.3) is 0 Å². The van der Waals surface area contributed by atoms with Gasteiger partial charge in [0, 0.05) is 25.8 Å². The molecule has 1 aromatic heterocycles. The summed E-state index contributed by atoms with van der Waals surface area (Å²) in [6.07, 6.45) is 0.963. The first-order valence-electron chi connectivity index (χ1n) is 6.38. The van der Waals surface area contributed by atoms with Gasteiger partial charge in [-0.05, 0) is 25.5 Å². The van der Waals surface area contributed by atoms with Crippen LogP contribution in [0, 0.1) is 0 Å². The lowest BCUT2D eigenvalue weighted by molar-refractivity contribution is 0.184. The largest absolute Gasteiger partial charge is 0.497 e. The van der Waals surface area contributed by atoms with Crippen LogP contribution >= 0.6 is 0 Å². The Morgan fingerprint density at radius 3 is 2.95 bits per heavy atom. The average Bonchev–Trinajstić information content (AvgIpc) is 2.84. The summed E-state index contributed by atoms with van der Waals surface area (Å²) in [6.45, 7) is 3.48. The highest BCUT2D eigenvalue weighted by molar-refractivity contribution is 5.74. The molecule has 104 valence electrons. The summed E-state index contributed by atoms with van der Waals surface area (Å²) in [6, 6.07) is 5.98. The molecule has 2 aromatic rings. The SMILES string of the molecule is COCC[C@@H](C)NCc1nc2cc(OC)ccc2o1. The van der Waals surface area contributed by atoms with Crippen molar-refractivity contribution in [1.29, 1.82) is 0 Å². The van der Waals surface area contributed by atoms with Crippen molar-refractivity contribution in [2.45, 2.75) is 25.9 Å². The highest BCUT2D eigenvalue weighted by Gasteiger charge is 2.08. The molecule has 5 nitrogen and oxygen atoms in total. The van der Waals surface area contributed by atoms with E-state index in [-0.39, 0.29) is 0 Å². The van der Waals surface area contributed by atoms with Crippen LogP contribution in [-0.2, 0) is 11.3 Å². The minimum absolute atomic E-state index is 0.365. The Morgan fingerprint density at radius 2 is 2.21 bits per heavy atom. The molecule has 0 unspecified atom stereocenters. The minimum Gasteiger partial charge on any atom is -0.497 e. The zero-order chi connectivity index (χ0) is 13.7. The number of benzene rings is 1. The summed E-state index contributed by atoms with van der Waals surface area (Å²) in [7, 11) is 3.35. The van der Waals surface area contributed by atoms with Crippen LogP contribution < -0.4 is 10.1 Å². The van der Waals surface area contributed by atoms with E-state index in [0.717, 1.165) is 29.9 Å². The van der Waals surface area contributed by atoms with E-state index in [9.17, 15) is 0 Å². The van der Waals surface area contributed by atoms with Crippen molar-refractivity contribution >= 4 is 11.1 Å². The third-order valence-electron chi connectivity index (χ3n) is 3.00. The zero-order valence-electron chi connectivity index (χ0n) is 11.6. The Kier molecular flexibility index (Phi) is 4.76. The first-order valence-corrected chi connectivity index (χ1v) is 6.38. The van der Waals surface area contributed by atoms with Gasteiger partial charge >= 0.3 is 0 Å². The Balaban J connectivity index is 1.97. The van der Waals surface area contributed by atoms with Crippen LogP contribution in [0.15, 0.2) is 22.6 Å². The molecule has 1 N–H and O–H groups in total. The molecule has 0 amide bonds. The second kappa shape index (κ2) is 6.54. The second-order valence-electron chi connectivity index (χ2n) is 4.50. The van der Waals surface area contributed by atoms with Crippen molar-refractivity contribution in [3.63, 3.8) is 0 Å². The predicted octanol–water partition coefficient (Wildman–Crippen LogP) is 2.35. The smallest absolute Gasteiger partial charge is 0.209 e. The van der Waals surface area contributed by atoms with Crippen molar-refractivity contribution in [2.75, 3.05) is 20.8 Å². The van der Waals surface area contributed by atoms with Gasteiger partial charge in [0.2, 0.25) is 5.89 Å². The summed E-state index contributed by atoms with van der Waals surface area (Å²) in [5, 5.41) is 3.36. The summed E-state index contributed by atoms with van der Waals surface area (Å²) in [5.74, 6) is 1.47. The van der Waals surface area contributed by atoms with E-state index < -0.39 is 0 Å². The Morgan fingerprint density at radius 1 is 1.37 bits per heavy atom. The van der Waals surface area contributed by atoms with E-state index in [1.165, 1.54) is 0 Å². The molecule has 1 aromatic carbocycles. The number of fused-ring (bicyclic) bond motifs is 1. The number of rotatable bonds is 7. The molecule has 0 saturated carbocycles. The van der Waals surface area contributed by atoms with Crippen LogP contribution in [0.25, 0.3) is 11.1 Å². The Hall–Kier alpha value is -1.59. The lowest BCUT2D eigenvalue weighted by atomic mass is 10.2. The van der Waals surface area contributed by atoms with E-state index in [2.05, 4.69) is 17.2 Å². The fraction of sp³-hybridized carbons (Fsp3) is 0.500. The molecule has 19 heavy (non-hydrogen) atoms. The number of ether oxygens (including phenoxy) is 2. The second-order valence-corrected chi connectivity index (χ2v) is 4.50. The molecule has 0 aliphatic carbocycles. The number of hydrogen-bond acceptors (Lipinski definition) is 5. The van der Waals surface area contributed by atoms with Crippen LogP contribution in [0.4, 0.5) is 0 Å². The molecule has 0 radical (unpaired) electrons. The lowest BCUT2D eigenvalue weighted by Crippen LogP contribution is -2.26. The molecule has 0 saturated heterocycles. The maximum absolute atomic E-state index is 5.66. The highest BCUT2D eigenvalue weighted by atomic mass is 16.5. The van der Waals surface area contributed by atoms with Crippen LogP contribution in [0.3, 0.4) is 0 Å². The third-order valence-corrected chi connectivity index (χ3v) is 3.00. The van der Waals surface area contributed by atoms with Crippen molar-refractivity contribution in [2.24, 2.45) is 0 Å². The average molecular weight is 264 g/mol. The standard InChI is InChI=1S/C14H20N2O3/c1-10(6-7-17-2)15-9-14-16-12-8-11(18-3)4-5-13(12)19-14/h4-5,8,10,15H,6-7,9H2,1-3H3/t10-/m1/s1. The van der Waals surface area contributed by atoms with Crippen LogP contribution in [0.5, 0.6) is 5.75 Å². The Bertz CT molecular complexity index is 524. The molecule has 0 aliphatic heterocycles. The van der Waals surface area contributed by atoms with Crippen molar-refractivity contribution in [1.82, 2.24) is 10.3 Å². The first-order chi connectivity index (χ1) is 9.22. The molecular formula is C14H20N2O3. The van der Waals surface area contributed by atoms with Gasteiger partial charge in [0.1, 0.15) is 11.3 Å². The van der Waals surface area contributed by atoms with Gasteiger partial charge in [-0.25, -0.2) is 4.98 Å².